The number of benzene rings is 2. The number of hydrogen-bond acceptors (Lipinski definition) is 3. The highest BCUT2D eigenvalue weighted by Gasteiger charge is 2.21. The third-order valence-electron chi connectivity index (χ3n) is 3.90. The first-order valence-electron chi connectivity index (χ1n) is 6.84. The van der Waals surface area contributed by atoms with E-state index in [-0.39, 0.29) is 5.63 Å². The summed E-state index contributed by atoms with van der Waals surface area (Å²) in [4.78, 5) is 12.3. The van der Waals surface area contributed by atoms with E-state index in [1.165, 1.54) is 0 Å². The van der Waals surface area contributed by atoms with Gasteiger partial charge in [0.1, 0.15) is 16.7 Å². The van der Waals surface area contributed by atoms with Gasteiger partial charge in [-0.05, 0) is 24.0 Å². The van der Waals surface area contributed by atoms with Gasteiger partial charge in [-0.25, -0.2) is 4.79 Å². The van der Waals surface area contributed by atoms with Crippen LogP contribution in [0.25, 0.3) is 21.7 Å². The zero-order chi connectivity index (χ0) is 13.7. The molecule has 0 bridgehead atoms. The van der Waals surface area contributed by atoms with Crippen LogP contribution in [0.2, 0.25) is 0 Å². The Bertz CT molecular complexity index is 876. The molecular weight excluding hydrogens is 252 g/mol. The fourth-order valence-corrected chi connectivity index (χ4v) is 2.97. The highest BCUT2D eigenvalue weighted by Crippen LogP contribution is 2.35. The lowest BCUT2D eigenvalue weighted by Gasteiger charge is -2.23. The van der Waals surface area contributed by atoms with Gasteiger partial charge in [-0.3, -0.25) is 0 Å². The average Bonchev–Trinajstić information content (AvgIpc) is 2.46. The molecule has 1 aliphatic rings. The molecule has 0 radical (unpaired) electrons. The van der Waals surface area contributed by atoms with Crippen LogP contribution in [0.15, 0.2) is 45.6 Å². The number of para-hydroxylation sites is 1. The van der Waals surface area contributed by atoms with Gasteiger partial charge < -0.3 is 9.15 Å². The van der Waals surface area contributed by atoms with Gasteiger partial charge >= 0.3 is 5.63 Å². The summed E-state index contributed by atoms with van der Waals surface area (Å²) < 4.78 is 11.3. The SMILES string of the molecule is CC1COc2c(ccc3c2c(=O)oc2ccccc23)C1. The van der Waals surface area contributed by atoms with E-state index < -0.39 is 0 Å². The van der Waals surface area contributed by atoms with Crippen LogP contribution in [0, 0.1) is 5.92 Å². The Morgan fingerprint density at radius 1 is 1.10 bits per heavy atom. The van der Waals surface area contributed by atoms with E-state index in [1.54, 1.807) is 0 Å². The first-order valence-corrected chi connectivity index (χ1v) is 6.84. The van der Waals surface area contributed by atoms with Gasteiger partial charge in [0, 0.05) is 10.8 Å². The fourth-order valence-electron chi connectivity index (χ4n) is 2.97. The number of hydrogen-bond donors (Lipinski definition) is 0. The second-order valence-electron chi connectivity index (χ2n) is 5.48. The minimum atomic E-state index is -0.315. The second-order valence-corrected chi connectivity index (χ2v) is 5.48. The Hall–Kier alpha value is -2.29. The van der Waals surface area contributed by atoms with Crippen LogP contribution >= 0.6 is 0 Å². The first-order chi connectivity index (χ1) is 9.74. The summed E-state index contributed by atoms with van der Waals surface area (Å²) in [5.74, 6) is 1.19. The minimum Gasteiger partial charge on any atom is -0.492 e. The van der Waals surface area contributed by atoms with E-state index in [2.05, 4.69) is 13.0 Å². The molecule has 2 heterocycles. The molecule has 0 saturated heterocycles. The monoisotopic (exact) mass is 266 g/mol. The molecule has 3 nitrogen and oxygen atoms in total. The van der Waals surface area contributed by atoms with E-state index >= 15 is 0 Å². The zero-order valence-electron chi connectivity index (χ0n) is 11.2. The molecule has 0 aliphatic carbocycles. The van der Waals surface area contributed by atoms with Gasteiger partial charge in [0.15, 0.2) is 0 Å². The number of rotatable bonds is 0. The highest BCUT2D eigenvalue weighted by atomic mass is 16.5. The quantitative estimate of drug-likeness (QED) is 0.461. The molecule has 1 aromatic heterocycles. The predicted molar refractivity (Wildman–Crippen MR) is 78.4 cm³/mol. The van der Waals surface area contributed by atoms with Crippen molar-refractivity contribution in [2.75, 3.05) is 6.61 Å². The van der Waals surface area contributed by atoms with Crippen molar-refractivity contribution in [3.8, 4) is 5.75 Å². The Kier molecular flexibility index (Phi) is 2.36. The third kappa shape index (κ3) is 1.56. The Morgan fingerprint density at radius 2 is 1.95 bits per heavy atom. The van der Waals surface area contributed by atoms with Crippen LogP contribution in [0.3, 0.4) is 0 Å². The van der Waals surface area contributed by atoms with Gasteiger partial charge in [0.05, 0.1) is 6.61 Å². The summed E-state index contributed by atoms with van der Waals surface area (Å²) in [6, 6.07) is 11.7. The standard InChI is InChI=1S/C17H14O3/c1-10-8-11-6-7-13-12-4-2-3-5-14(12)20-17(18)15(13)16(11)19-9-10/h2-7,10H,8-9H2,1H3. The first kappa shape index (κ1) is 11.5. The lowest BCUT2D eigenvalue weighted by Crippen LogP contribution is -2.19. The van der Waals surface area contributed by atoms with Crippen molar-refractivity contribution >= 4 is 21.7 Å². The molecule has 1 atom stereocenters. The van der Waals surface area contributed by atoms with Crippen molar-refractivity contribution in [2.24, 2.45) is 5.92 Å². The lowest BCUT2D eigenvalue weighted by molar-refractivity contribution is 0.236. The summed E-state index contributed by atoms with van der Waals surface area (Å²) in [7, 11) is 0. The van der Waals surface area contributed by atoms with E-state index in [9.17, 15) is 4.79 Å². The summed E-state index contributed by atoms with van der Waals surface area (Å²) >= 11 is 0. The van der Waals surface area contributed by atoms with Crippen LogP contribution in [0.1, 0.15) is 12.5 Å². The number of fused-ring (bicyclic) bond motifs is 5. The molecule has 4 rings (SSSR count). The topological polar surface area (TPSA) is 39.4 Å². The average molecular weight is 266 g/mol. The van der Waals surface area contributed by atoms with Crippen LogP contribution in [-0.2, 0) is 6.42 Å². The van der Waals surface area contributed by atoms with Gasteiger partial charge in [-0.1, -0.05) is 37.3 Å². The molecular formula is C17H14O3. The van der Waals surface area contributed by atoms with Crippen molar-refractivity contribution in [3.05, 3.63) is 52.4 Å². The molecule has 1 aliphatic heterocycles. The molecule has 1 unspecified atom stereocenters. The van der Waals surface area contributed by atoms with Crippen LogP contribution in [0.4, 0.5) is 0 Å². The van der Waals surface area contributed by atoms with Crippen LogP contribution < -0.4 is 10.4 Å². The summed E-state index contributed by atoms with van der Waals surface area (Å²) in [5, 5.41) is 2.44. The van der Waals surface area contributed by atoms with Gasteiger partial charge in [0.25, 0.3) is 0 Å². The maximum absolute atomic E-state index is 12.3. The molecule has 0 amide bonds. The van der Waals surface area contributed by atoms with Crippen molar-refractivity contribution in [1.82, 2.24) is 0 Å². The van der Waals surface area contributed by atoms with Crippen molar-refractivity contribution < 1.29 is 9.15 Å². The summed E-state index contributed by atoms with van der Waals surface area (Å²) in [6.45, 7) is 2.80. The van der Waals surface area contributed by atoms with Crippen molar-refractivity contribution in [2.45, 2.75) is 13.3 Å². The van der Waals surface area contributed by atoms with Gasteiger partial charge in [-0.2, -0.15) is 0 Å². The van der Waals surface area contributed by atoms with E-state index in [4.69, 9.17) is 9.15 Å². The molecule has 0 saturated carbocycles. The van der Waals surface area contributed by atoms with E-state index in [0.29, 0.717) is 29.2 Å². The van der Waals surface area contributed by atoms with Crippen molar-refractivity contribution in [3.63, 3.8) is 0 Å². The Balaban J connectivity index is 2.16. The molecule has 0 fully saturated rings. The van der Waals surface area contributed by atoms with Crippen molar-refractivity contribution in [1.29, 1.82) is 0 Å². The minimum absolute atomic E-state index is 0.315. The maximum atomic E-state index is 12.3. The Labute approximate surface area is 115 Å². The maximum Gasteiger partial charge on any atom is 0.347 e. The number of ether oxygens (including phenoxy) is 1. The molecule has 3 aromatic rings. The molecule has 2 aromatic carbocycles. The summed E-state index contributed by atoms with van der Waals surface area (Å²) in [5.41, 5.74) is 1.40. The highest BCUT2D eigenvalue weighted by molar-refractivity contribution is 6.06. The molecule has 0 N–H and O–H groups in total. The lowest BCUT2D eigenvalue weighted by atomic mass is 9.95. The van der Waals surface area contributed by atoms with E-state index in [0.717, 1.165) is 22.8 Å². The predicted octanol–water partition coefficient (Wildman–Crippen LogP) is 3.52. The van der Waals surface area contributed by atoms with Gasteiger partial charge in [0.2, 0.25) is 0 Å². The smallest absolute Gasteiger partial charge is 0.347 e. The second kappa shape index (κ2) is 4.10. The largest absolute Gasteiger partial charge is 0.492 e. The molecule has 100 valence electrons. The van der Waals surface area contributed by atoms with Crippen LogP contribution in [-0.4, -0.2) is 6.61 Å². The molecule has 0 spiro atoms. The molecule has 20 heavy (non-hydrogen) atoms. The zero-order valence-corrected chi connectivity index (χ0v) is 11.2. The Morgan fingerprint density at radius 3 is 2.85 bits per heavy atom. The van der Waals surface area contributed by atoms with Gasteiger partial charge in [-0.15, -0.1) is 0 Å². The normalized spacial score (nSPS) is 17.9. The third-order valence-corrected chi connectivity index (χ3v) is 3.90. The van der Waals surface area contributed by atoms with Crippen LogP contribution in [0.5, 0.6) is 5.75 Å². The fraction of sp³-hybridized carbons (Fsp3) is 0.235. The summed E-state index contributed by atoms with van der Waals surface area (Å²) in [6.07, 6.45) is 0.942. The molecule has 3 heteroatoms. The van der Waals surface area contributed by atoms with E-state index in [1.807, 2.05) is 30.3 Å².